The van der Waals surface area contributed by atoms with Gasteiger partial charge in [-0.3, -0.25) is 0 Å². The Balaban J connectivity index is 2.12. The zero-order valence-corrected chi connectivity index (χ0v) is 10.7. The summed E-state index contributed by atoms with van der Waals surface area (Å²) in [4.78, 5) is 6.42. The number of hydrogen-bond acceptors (Lipinski definition) is 4. The smallest absolute Gasteiger partial charge is 0.260 e. The van der Waals surface area contributed by atoms with Crippen LogP contribution in [0.25, 0.3) is 0 Å². The lowest BCUT2D eigenvalue weighted by Crippen LogP contribution is -2.41. The van der Waals surface area contributed by atoms with Crippen molar-refractivity contribution < 1.29 is 8.42 Å². The van der Waals surface area contributed by atoms with Crippen molar-refractivity contribution in [1.29, 1.82) is 0 Å². The first-order valence-electron chi connectivity index (χ1n) is 5.86. The van der Waals surface area contributed by atoms with Crippen LogP contribution in [0.1, 0.15) is 19.8 Å². The first-order chi connectivity index (χ1) is 8.14. The number of H-pyrrole nitrogens is 1. The zero-order chi connectivity index (χ0) is 12.3. The van der Waals surface area contributed by atoms with Gasteiger partial charge in [-0.05, 0) is 19.4 Å². The van der Waals surface area contributed by atoms with Crippen molar-refractivity contribution in [2.45, 2.75) is 30.8 Å². The summed E-state index contributed by atoms with van der Waals surface area (Å²) in [6.45, 7) is 3.83. The maximum absolute atomic E-state index is 12.2. The first-order valence-corrected chi connectivity index (χ1v) is 7.30. The molecule has 0 aliphatic carbocycles. The van der Waals surface area contributed by atoms with Crippen molar-refractivity contribution in [3.05, 3.63) is 12.5 Å². The topological polar surface area (TPSA) is 78.1 Å². The molecule has 1 aliphatic rings. The highest BCUT2D eigenvalue weighted by Crippen LogP contribution is 2.15. The molecular weight excluding hydrogens is 240 g/mol. The molecule has 0 amide bonds. The van der Waals surface area contributed by atoms with Gasteiger partial charge in [0.25, 0.3) is 10.0 Å². The van der Waals surface area contributed by atoms with Crippen molar-refractivity contribution in [3.8, 4) is 0 Å². The molecule has 7 heteroatoms. The summed E-state index contributed by atoms with van der Waals surface area (Å²) in [5.41, 5.74) is 0. The summed E-state index contributed by atoms with van der Waals surface area (Å²) >= 11 is 0. The van der Waals surface area contributed by atoms with Crippen molar-refractivity contribution in [3.63, 3.8) is 0 Å². The van der Waals surface area contributed by atoms with E-state index in [2.05, 4.69) is 15.3 Å². The second-order valence-electron chi connectivity index (χ2n) is 4.16. The number of nitrogens with one attached hydrogen (secondary N) is 2. The lowest BCUT2D eigenvalue weighted by molar-refractivity contribution is 0.381. The number of aromatic amines is 1. The van der Waals surface area contributed by atoms with Crippen molar-refractivity contribution in [1.82, 2.24) is 19.6 Å². The summed E-state index contributed by atoms with van der Waals surface area (Å²) in [6.07, 6.45) is 4.88. The predicted molar refractivity (Wildman–Crippen MR) is 64.0 cm³/mol. The Morgan fingerprint density at radius 3 is 2.94 bits per heavy atom. The molecule has 0 saturated carbocycles. The molecule has 2 N–H and O–H groups in total. The summed E-state index contributed by atoms with van der Waals surface area (Å²) in [5.74, 6) is 0. The van der Waals surface area contributed by atoms with Crippen LogP contribution in [0.5, 0.6) is 0 Å². The third kappa shape index (κ3) is 2.67. The van der Waals surface area contributed by atoms with Gasteiger partial charge in [0.05, 0.1) is 12.5 Å². The number of rotatable bonds is 5. The van der Waals surface area contributed by atoms with Crippen LogP contribution in [0.3, 0.4) is 0 Å². The first kappa shape index (κ1) is 12.5. The minimum atomic E-state index is -3.42. The van der Waals surface area contributed by atoms with Gasteiger partial charge >= 0.3 is 0 Å². The predicted octanol–water partition coefficient (Wildman–Crippen LogP) is 0.172. The van der Waals surface area contributed by atoms with E-state index < -0.39 is 10.0 Å². The Morgan fingerprint density at radius 1 is 1.59 bits per heavy atom. The van der Waals surface area contributed by atoms with E-state index in [0.29, 0.717) is 13.1 Å². The van der Waals surface area contributed by atoms with E-state index in [1.54, 1.807) is 0 Å². The Morgan fingerprint density at radius 2 is 2.41 bits per heavy atom. The Bertz CT molecular complexity index is 437. The van der Waals surface area contributed by atoms with Gasteiger partial charge in [0.15, 0.2) is 5.03 Å². The molecule has 0 radical (unpaired) electrons. The van der Waals surface area contributed by atoms with Crippen molar-refractivity contribution >= 4 is 10.0 Å². The molecule has 1 unspecified atom stereocenters. The molecule has 1 atom stereocenters. The quantitative estimate of drug-likeness (QED) is 0.789. The van der Waals surface area contributed by atoms with Crippen LogP contribution in [0.2, 0.25) is 0 Å². The standard InChI is InChI=1S/C10H18N4O2S/c1-2-14(7-9-4-3-5-12-9)17(15,16)10-6-11-8-13-10/h6,8-9,12H,2-5,7H2,1H3,(H,11,13). The highest BCUT2D eigenvalue weighted by atomic mass is 32.2. The van der Waals surface area contributed by atoms with E-state index in [0.717, 1.165) is 19.4 Å². The lowest BCUT2D eigenvalue weighted by atomic mass is 10.2. The van der Waals surface area contributed by atoms with E-state index in [1.165, 1.54) is 16.8 Å². The summed E-state index contributed by atoms with van der Waals surface area (Å²) in [6, 6.07) is 0.271. The monoisotopic (exact) mass is 258 g/mol. The average molecular weight is 258 g/mol. The molecule has 1 fully saturated rings. The van der Waals surface area contributed by atoms with Crippen molar-refractivity contribution in [2.24, 2.45) is 0 Å². The highest BCUT2D eigenvalue weighted by Gasteiger charge is 2.27. The highest BCUT2D eigenvalue weighted by molar-refractivity contribution is 7.89. The molecule has 2 heterocycles. The van der Waals surface area contributed by atoms with Gasteiger partial charge in [0.1, 0.15) is 0 Å². The SMILES string of the molecule is CCN(CC1CCCN1)S(=O)(=O)c1cnc[nH]1. The molecule has 1 saturated heterocycles. The van der Waals surface area contributed by atoms with Crippen LogP contribution in [0.4, 0.5) is 0 Å². The number of nitrogens with zero attached hydrogens (tertiary/aromatic N) is 2. The molecule has 1 aromatic rings. The third-order valence-electron chi connectivity index (χ3n) is 3.03. The fraction of sp³-hybridized carbons (Fsp3) is 0.700. The molecule has 6 nitrogen and oxygen atoms in total. The maximum atomic E-state index is 12.2. The minimum Gasteiger partial charge on any atom is -0.335 e. The number of imidazole rings is 1. The fourth-order valence-corrected chi connectivity index (χ4v) is 3.47. The molecule has 2 rings (SSSR count). The largest absolute Gasteiger partial charge is 0.335 e. The lowest BCUT2D eigenvalue weighted by Gasteiger charge is -2.22. The molecule has 0 aromatic carbocycles. The average Bonchev–Trinajstić information content (AvgIpc) is 2.98. The van der Waals surface area contributed by atoms with Gasteiger partial charge in [0, 0.05) is 19.1 Å². The van der Waals surface area contributed by atoms with Crippen LogP contribution in [0.15, 0.2) is 17.6 Å². The van der Waals surface area contributed by atoms with Crippen LogP contribution in [-0.4, -0.2) is 48.4 Å². The molecule has 1 aliphatic heterocycles. The van der Waals surface area contributed by atoms with Gasteiger partial charge in [-0.15, -0.1) is 0 Å². The summed E-state index contributed by atoms with van der Waals surface area (Å²) in [7, 11) is -3.42. The van der Waals surface area contributed by atoms with Gasteiger partial charge in [-0.2, -0.15) is 4.31 Å². The summed E-state index contributed by atoms with van der Waals surface area (Å²) < 4.78 is 26.0. The molecular formula is C10H18N4O2S. The molecule has 96 valence electrons. The Labute approximate surface area is 101 Å². The zero-order valence-electron chi connectivity index (χ0n) is 9.89. The second-order valence-corrected chi connectivity index (χ2v) is 6.07. The van der Waals surface area contributed by atoms with Gasteiger partial charge in [-0.1, -0.05) is 6.92 Å². The number of hydrogen-bond donors (Lipinski definition) is 2. The second kappa shape index (κ2) is 5.16. The van der Waals surface area contributed by atoms with E-state index >= 15 is 0 Å². The normalized spacial score (nSPS) is 21.2. The van der Waals surface area contributed by atoms with E-state index in [4.69, 9.17) is 0 Å². The molecule has 17 heavy (non-hydrogen) atoms. The molecule has 0 spiro atoms. The minimum absolute atomic E-state index is 0.164. The van der Waals surface area contributed by atoms with Gasteiger partial charge in [-0.25, -0.2) is 13.4 Å². The van der Waals surface area contributed by atoms with Gasteiger partial charge in [0.2, 0.25) is 0 Å². The number of sulfonamides is 1. The van der Waals surface area contributed by atoms with E-state index in [1.807, 2.05) is 6.92 Å². The third-order valence-corrected chi connectivity index (χ3v) is 4.90. The molecule has 0 bridgehead atoms. The van der Waals surface area contributed by atoms with Crippen LogP contribution < -0.4 is 5.32 Å². The fourth-order valence-electron chi connectivity index (χ4n) is 2.08. The van der Waals surface area contributed by atoms with Crippen LogP contribution in [0, 0.1) is 0 Å². The van der Waals surface area contributed by atoms with E-state index in [9.17, 15) is 8.42 Å². The Kier molecular flexibility index (Phi) is 3.80. The summed E-state index contributed by atoms with van der Waals surface area (Å²) in [5, 5.41) is 3.47. The van der Waals surface area contributed by atoms with Crippen molar-refractivity contribution in [2.75, 3.05) is 19.6 Å². The number of likely N-dealkylation sites (N-methyl/N-ethyl adjacent to an activating group) is 1. The van der Waals surface area contributed by atoms with Crippen LogP contribution >= 0.6 is 0 Å². The molecule has 1 aromatic heterocycles. The van der Waals surface area contributed by atoms with Crippen LogP contribution in [-0.2, 0) is 10.0 Å². The maximum Gasteiger partial charge on any atom is 0.260 e. The van der Waals surface area contributed by atoms with E-state index in [-0.39, 0.29) is 11.1 Å². The van der Waals surface area contributed by atoms with Gasteiger partial charge < -0.3 is 10.3 Å². The Hall–Kier alpha value is -0.920. The number of aromatic nitrogens is 2.